The zero-order valence-corrected chi connectivity index (χ0v) is 23.5. The molecular formula is C32H39N5O2. The predicted octanol–water partition coefficient (Wildman–Crippen LogP) is 6.93. The number of rotatable bonds is 7. The molecule has 7 nitrogen and oxygen atoms in total. The Balaban J connectivity index is 1.41. The molecule has 0 spiro atoms. The van der Waals surface area contributed by atoms with E-state index in [1.165, 1.54) is 24.9 Å². The van der Waals surface area contributed by atoms with Crippen molar-refractivity contribution in [1.29, 1.82) is 0 Å². The molecule has 7 heteroatoms. The van der Waals surface area contributed by atoms with E-state index < -0.39 is 0 Å². The molecule has 1 N–H and O–H groups in total. The van der Waals surface area contributed by atoms with Crippen molar-refractivity contribution in [3.8, 4) is 11.5 Å². The minimum absolute atomic E-state index is 0.460. The highest BCUT2D eigenvalue weighted by atomic mass is 16.5. The van der Waals surface area contributed by atoms with Crippen molar-refractivity contribution in [2.24, 2.45) is 10.1 Å². The summed E-state index contributed by atoms with van der Waals surface area (Å²) < 4.78 is 12.6. The summed E-state index contributed by atoms with van der Waals surface area (Å²) in [5, 5.41) is 9.74. The smallest absolute Gasteiger partial charge is 0.153 e. The van der Waals surface area contributed by atoms with Gasteiger partial charge in [0, 0.05) is 30.8 Å². The van der Waals surface area contributed by atoms with E-state index in [9.17, 15) is 0 Å². The third-order valence-corrected chi connectivity index (χ3v) is 7.30. The van der Waals surface area contributed by atoms with E-state index in [1.54, 1.807) is 6.21 Å². The summed E-state index contributed by atoms with van der Waals surface area (Å²) in [6.45, 7) is 10.7. The molecule has 2 aromatic rings. The topological polar surface area (TPSA) is 61.7 Å². The van der Waals surface area contributed by atoms with Crippen molar-refractivity contribution in [2.75, 3.05) is 29.9 Å². The lowest BCUT2D eigenvalue weighted by Gasteiger charge is -2.42. The Morgan fingerprint density at radius 1 is 1.18 bits per heavy atom. The van der Waals surface area contributed by atoms with Crippen LogP contribution in [0.1, 0.15) is 56.2 Å². The first-order valence-corrected chi connectivity index (χ1v) is 14.0. The number of aliphatic imine (C=N–C) groups is 1. The molecule has 2 aromatic carbocycles. The van der Waals surface area contributed by atoms with E-state index in [1.807, 2.05) is 48.6 Å². The van der Waals surface area contributed by atoms with Gasteiger partial charge in [-0.05, 0) is 94.0 Å². The number of allylic oxidation sites excluding steroid dienone is 2. The lowest BCUT2D eigenvalue weighted by atomic mass is 9.97. The van der Waals surface area contributed by atoms with Crippen LogP contribution in [0, 0.1) is 13.8 Å². The van der Waals surface area contributed by atoms with Crippen LogP contribution in [0.5, 0.6) is 11.5 Å². The average molecular weight is 526 g/mol. The number of nitrogens with zero attached hydrogens (tertiary/aromatic N) is 4. The zero-order chi connectivity index (χ0) is 27.2. The number of ether oxygens (including phenoxy) is 2. The first kappa shape index (κ1) is 26.6. The van der Waals surface area contributed by atoms with Crippen LogP contribution < -0.4 is 19.7 Å². The van der Waals surface area contributed by atoms with Gasteiger partial charge in [-0.3, -0.25) is 5.01 Å². The molecule has 3 aliphatic heterocycles. The van der Waals surface area contributed by atoms with Gasteiger partial charge in [0.1, 0.15) is 24.0 Å². The summed E-state index contributed by atoms with van der Waals surface area (Å²) >= 11 is 0. The number of hydrogen-bond acceptors (Lipinski definition) is 6. The molecule has 1 atom stereocenters. The Hall–Kier alpha value is -4.00. The number of aryl methyl sites for hydroxylation is 2. The van der Waals surface area contributed by atoms with Gasteiger partial charge in [0.2, 0.25) is 0 Å². The fourth-order valence-corrected chi connectivity index (χ4v) is 5.29. The van der Waals surface area contributed by atoms with Crippen LogP contribution >= 0.6 is 0 Å². The molecule has 39 heavy (non-hydrogen) atoms. The molecule has 0 aromatic heterocycles. The van der Waals surface area contributed by atoms with Crippen molar-refractivity contribution < 1.29 is 9.47 Å². The molecule has 0 saturated carbocycles. The van der Waals surface area contributed by atoms with Gasteiger partial charge < -0.3 is 19.7 Å². The van der Waals surface area contributed by atoms with Crippen molar-refractivity contribution in [3.05, 3.63) is 83.4 Å². The Morgan fingerprint density at radius 3 is 2.85 bits per heavy atom. The van der Waals surface area contributed by atoms with E-state index in [-0.39, 0.29) is 0 Å². The normalized spacial score (nSPS) is 19.1. The molecule has 0 amide bonds. The van der Waals surface area contributed by atoms with Crippen molar-refractivity contribution in [1.82, 2.24) is 5.01 Å². The maximum absolute atomic E-state index is 6.45. The largest absolute Gasteiger partial charge is 0.488 e. The number of fused-ring (bicyclic) bond motifs is 3. The van der Waals surface area contributed by atoms with Crippen LogP contribution in [-0.2, 0) is 0 Å². The number of amidine groups is 1. The van der Waals surface area contributed by atoms with Gasteiger partial charge in [-0.2, -0.15) is 5.10 Å². The maximum atomic E-state index is 6.45. The highest BCUT2D eigenvalue weighted by Gasteiger charge is 2.32. The number of hydrazone groups is 1. The van der Waals surface area contributed by atoms with Crippen LogP contribution in [0.2, 0.25) is 0 Å². The molecule has 5 rings (SSSR count). The van der Waals surface area contributed by atoms with E-state index in [4.69, 9.17) is 14.5 Å². The summed E-state index contributed by atoms with van der Waals surface area (Å²) in [4.78, 5) is 7.41. The van der Waals surface area contributed by atoms with Gasteiger partial charge in [-0.1, -0.05) is 19.1 Å². The van der Waals surface area contributed by atoms with Gasteiger partial charge in [-0.15, -0.1) is 0 Å². The lowest BCUT2D eigenvalue weighted by molar-refractivity contribution is 0.239. The molecule has 0 radical (unpaired) electrons. The molecule has 3 aliphatic rings. The summed E-state index contributed by atoms with van der Waals surface area (Å²) in [5.41, 5.74) is 5.31. The van der Waals surface area contributed by atoms with Crippen LogP contribution in [0.3, 0.4) is 0 Å². The highest BCUT2D eigenvalue weighted by molar-refractivity contribution is 6.12. The molecule has 1 saturated heterocycles. The lowest BCUT2D eigenvalue weighted by Crippen LogP contribution is -2.46. The number of anilines is 2. The van der Waals surface area contributed by atoms with Crippen molar-refractivity contribution in [2.45, 2.75) is 59.4 Å². The van der Waals surface area contributed by atoms with Gasteiger partial charge >= 0.3 is 0 Å². The van der Waals surface area contributed by atoms with Gasteiger partial charge in [0.25, 0.3) is 0 Å². The summed E-state index contributed by atoms with van der Waals surface area (Å²) in [5.74, 6) is 3.35. The minimum atomic E-state index is 0.460. The van der Waals surface area contributed by atoms with E-state index in [0.29, 0.717) is 12.6 Å². The standard InChI is InChI=1S/C32H39N5O2/c1-5-7-17-33-32(30-23(3)11-13-28-31(30)38-22-26-10-8-9-18-37(26)28)35-25-12-14-29(24(4)21-25)39-27-15-19-36(20-16-27)34-6-2/h6-7,11-17,19,21,26H,5,8-10,18,20,22H2,1-4H3,(H,33,35)/b17-7+,34-6-. The maximum Gasteiger partial charge on any atom is 0.153 e. The highest BCUT2D eigenvalue weighted by Crippen LogP contribution is 2.41. The molecule has 0 aliphatic carbocycles. The monoisotopic (exact) mass is 525 g/mol. The zero-order valence-electron chi connectivity index (χ0n) is 23.5. The molecule has 1 unspecified atom stereocenters. The van der Waals surface area contributed by atoms with Gasteiger partial charge in [-0.25, -0.2) is 4.99 Å². The third-order valence-electron chi connectivity index (χ3n) is 7.30. The Bertz CT molecular complexity index is 1340. The summed E-state index contributed by atoms with van der Waals surface area (Å²) in [6.07, 6.45) is 16.2. The average Bonchev–Trinajstić information content (AvgIpc) is 2.95. The van der Waals surface area contributed by atoms with Crippen LogP contribution in [0.15, 0.2) is 76.8 Å². The number of hydrogen-bond donors (Lipinski definition) is 1. The number of nitrogens with one attached hydrogen (secondary N) is 1. The first-order valence-electron chi connectivity index (χ1n) is 14.0. The van der Waals surface area contributed by atoms with E-state index >= 15 is 0 Å². The van der Waals surface area contributed by atoms with Crippen molar-refractivity contribution >= 4 is 23.4 Å². The first-order chi connectivity index (χ1) is 19.1. The quantitative estimate of drug-likeness (QED) is 0.314. The second-order valence-corrected chi connectivity index (χ2v) is 10.2. The fourth-order valence-electron chi connectivity index (χ4n) is 5.29. The summed E-state index contributed by atoms with van der Waals surface area (Å²) in [6, 6.07) is 11.0. The number of piperidine rings is 1. The van der Waals surface area contributed by atoms with Crippen molar-refractivity contribution in [3.63, 3.8) is 0 Å². The second-order valence-electron chi connectivity index (χ2n) is 10.2. The molecule has 0 bridgehead atoms. The van der Waals surface area contributed by atoms with Crippen LogP contribution in [0.4, 0.5) is 11.4 Å². The van der Waals surface area contributed by atoms with Gasteiger partial charge in [0.05, 0.1) is 23.8 Å². The molecule has 1 fully saturated rings. The Labute approximate surface area is 232 Å². The fraction of sp³-hybridized carbons (Fsp3) is 0.375. The number of benzene rings is 2. The Morgan fingerprint density at radius 2 is 2.08 bits per heavy atom. The molecule has 3 heterocycles. The predicted molar refractivity (Wildman–Crippen MR) is 161 cm³/mol. The second kappa shape index (κ2) is 12.2. The Kier molecular flexibility index (Phi) is 8.35. The third kappa shape index (κ3) is 6.03. The van der Waals surface area contributed by atoms with E-state index in [0.717, 1.165) is 65.0 Å². The molecular weight excluding hydrogens is 486 g/mol. The molecule has 204 valence electrons. The van der Waals surface area contributed by atoms with Gasteiger partial charge in [0.15, 0.2) is 5.75 Å². The van der Waals surface area contributed by atoms with E-state index in [2.05, 4.69) is 60.4 Å². The summed E-state index contributed by atoms with van der Waals surface area (Å²) in [7, 11) is 0. The van der Waals surface area contributed by atoms with Crippen LogP contribution in [0.25, 0.3) is 0 Å². The minimum Gasteiger partial charge on any atom is -0.488 e. The SMILES string of the molecule is C/C=N\N1C=CC(Oc2ccc(NC(=N/C=C/CC)c3c(C)ccc4c3OCC3CCCCN43)cc2C)=CC1. The van der Waals surface area contributed by atoms with Crippen LogP contribution in [-0.4, -0.2) is 42.8 Å².